The number of aromatic nitrogens is 3. The normalized spacial score (nSPS) is 14.7. The summed E-state index contributed by atoms with van der Waals surface area (Å²) in [5.41, 5.74) is 3.21. The first-order valence-corrected chi connectivity index (χ1v) is 6.80. The fourth-order valence-corrected chi connectivity index (χ4v) is 2.45. The van der Waals surface area contributed by atoms with Gasteiger partial charge >= 0.3 is 5.97 Å². The van der Waals surface area contributed by atoms with Gasteiger partial charge in [0, 0.05) is 18.5 Å². The van der Waals surface area contributed by atoms with Crippen LogP contribution in [-0.4, -0.2) is 25.8 Å². The largest absolute Gasteiger partial charge is 0.476 e. The molecule has 3 aromatic rings. The first-order valence-electron chi connectivity index (χ1n) is 6.80. The number of carboxylic acid groups (broad SMARTS) is 1. The highest BCUT2D eigenvalue weighted by Crippen LogP contribution is 2.40. The zero-order valence-electron chi connectivity index (χ0n) is 11.4. The molecule has 1 saturated carbocycles. The highest BCUT2D eigenvalue weighted by molar-refractivity contribution is 5.87. The van der Waals surface area contributed by atoms with Gasteiger partial charge in [-0.1, -0.05) is 0 Å². The van der Waals surface area contributed by atoms with E-state index in [-0.39, 0.29) is 5.69 Å². The monoisotopic (exact) mass is 283 g/mol. The quantitative estimate of drug-likeness (QED) is 0.799. The third kappa shape index (κ3) is 1.99. The summed E-state index contributed by atoms with van der Waals surface area (Å²) >= 11 is 0. The Morgan fingerprint density at radius 3 is 2.86 bits per heavy atom. The molecule has 1 fully saturated rings. The van der Waals surface area contributed by atoms with Crippen LogP contribution in [0, 0.1) is 0 Å². The number of hydrogen-bond acceptors (Lipinski definition) is 4. The summed E-state index contributed by atoms with van der Waals surface area (Å²) in [6, 6.07) is 7.24. The maximum absolute atomic E-state index is 11.0. The molecule has 0 radical (unpaired) electrons. The zero-order chi connectivity index (χ0) is 14.6. The molecular formula is C15H13N3O3. The third-order valence-electron chi connectivity index (χ3n) is 3.73. The van der Waals surface area contributed by atoms with Crippen LogP contribution in [-0.2, 0) is 7.05 Å². The van der Waals surface area contributed by atoms with E-state index >= 15 is 0 Å². The molecule has 0 saturated heterocycles. The SMILES string of the molecule is Cn1nc(C(=O)O)cc1-c1ccc2oc(C3CC3)nc2c1. The molecule has 6 nitrogen and oxygen atoms in total. The van der Waals surface area contributed by atoms with Crippen molar-refractivity contribution in [3.05, 3.63) is 35.9 Å². The average Bonchev–Trinajstić information content (AvgIpc) is 3.10. The van der Waals surface area contributed by atoms with Gasteiger partial charge < -0.3 is 9.52 Å². The van der Waals surface area contributed by atoms with Crippen LogP contribution in [0.1, 0.15) is 35.1 Å². The van der Waals surface area contributed by atoms with Gasteiger partial charge in [0.25, 0.3) is 0 Å². The lowest BCUT2D eigenvalue weighted by Crippen LogP contribution is -1.99. The lowest BCUT2D eigenvalue weighted by atomic mass is 10.1. The number of oxazole rings is 1. The summed E-state index contributed by atoms with van der Waals surface area (Å²) in [7, 11) is 1.73. The molecule has 0 bridgehead atoms. The van der Waals surface area contributed by atoms with Gasteiger partial charge in [-0.25, -0.2) is 9.78 Å². The van der Waals surface area contributed by atoms with E-state index in [1.165, 1.54) is 0 Å². The van der Waals surface area contributed by atoms with Crippen LogP contribution < -0.4 is 0 Å². The van der Waals surface area contributed by atoms with E-state index in [4.69, 9.17) is 9.52 Å². The van der Waals surface area contributed by atoms with Crippen molar-refractivity contribution < 1.29 is 14.3 Å². The molecule has 21 heavy (non-hydrogen) atoms. The number of nitrogens with zero attached hydrogens (tertiary/aromatic N) is 3. The standard InChI is InChI=1S/C15H13N3O3/c1-18-12(7-11(17-18)15(19)20)9-4-5-13-10(6-9)16-14(21-13)8-2-3-8/h4-8H,2-3H2,1H3,(H,19,20). The summed E-state index contributed by atoms with van der Waals surface area (Å²) in [5.74, 6) is 0.241. The first-order chi connectivity index (χ1) is 10.1. The lowest BCUT2D eigenvalue weighted by molar-refractivity contribution is 0.0689. The minimum absolute atomic E-state index is 0.0337. The Morgan fingerprint density at radius 1 is 1.38 bits per heavy atom. The number of fused-ring (bicyclic) bond motifs is 1. The van der Waals surface area contributed by atoms with Crippen molar-refractivity contribution in [3.8, 4) is 11.3 Å². The molecule has 1 aliphatic rings. The van der Waals surface area contributed by atoms with Crippen LogP contribution in [0.3, 0.4) is 0 Å². The highest BCUT2D eigenvalue weighted by atomic mass is 16.4. The van der Waals surface area contributed by atoms with Crippen LogP contribution in [0.2, 0.25) is 0 Å². The maximum Gasteiger partial charge on any atom is 0.356 e. The molecule has 1 aromatic carbocycles. The molecule has 2 heterocycles. The average molecular weight is 283 g/mol. The molecule has 0 aliphatic heterocycles. The predicted molar refractivity (Wildman–Crippen MR) is 75.1 cm³/mol. The van der Waals surface area contributed by atoms with Gasteiger partial charge in [0.05, 0.1) is 5.69 Å². The Labute approximate surface area is 120 Å². The van der Waals surface area contributed by atoms with E-state index in [0.717, 1.165) is 41.1 Å². The van der Waals surface area contributed by atoms with Crippen LogP contribution in [0.5, 0.6) is 0 Å². The second-order valence-corrected chi connectivity index (χ2v) is 5.35. The van der Waals surface area contributed by atoms with Gasteiger partial charge in [-0.15, -0.1) is 0 Å². The van der Waals surface area contributed by atoms with Crippen LogP contribution in [0.25, 0.3) is 22.4 Å². The molecule has 0 atom stereocenters. The molecule has 1 N–H and O–H groups in total. The third-order valence-corrected chi connectivity index (χ3v) is 3.73. The number of aryl methyl sites for hydroxylation is 1. The van der Waals surface area contributed by atoms with Crippen LogP contribution in [0.15, 0.2) is 28.7 Å². The van der Waals surface area contributed by atoms with Gasteiger partial charge in [-0.05, 0) is 37.1 Å². The summed E-state index contributed by atoms with van der Waals surface area (Å²) in [6.07, 6.45) is 2.28. The van der Waals surface area contributed by atoms with Crippen molar-refractivity contribution in [2.24, 2.45) is 7.05 Å². The van der Waals surface area contributed by atoms with E-state index in [1.807, 2.05) is 18.2 Å². The second kappa shape index (κ2) is 4.18. The van der Waals surface area contributed by atoms with E-state index in [2.05, 4.69) is 10.1 Å². The van der Waals surface area contributed by atoms with E-state index in [0.29, 0.717) is 5.92 Å². The van der Waals surface area contributed by atoms with Crippen molar-refractivity contribution in [2.45, 2.75) is 18.8 Å². The molecule has 0 spiro atoms. The Bertz CT molecular complexity index is 858. The van der Waals surface area contributed by atoms with Crippen molar-refractivity contribution >= 4 is 17.1 Å². The summed E-state index contributed by atoms with van der Waals surface area (Å²) in [4.78, 5) is 15.5. The summed E-state index contributed by atoms with van der Waals surface area (Å²) in [5, 5.41) is 13.0. The fourth-order valence-electron chi connectivity index (χ4n) is 2.45. The van der Waals surface area contributed by atoms with Gasteiger partial charge in [-0.2, -0.15) is 5.10 Å². The van der Waals surface area contributed by atoms with Crippen LogP contribution in [0.4, 0.5) is 0 Å². The van der Waals surface area contributed by atoms with E-state index in [1.54, 1.807) is 17.8 Å². The van der Waals surface area contributed by atoms with Crippen molar-refractivity contribution in [3.63, 3.8) is 0 Å². The molecule has 0 amide bonds. The second-order valence-electron chi connectivity index (χ2n) is 5.35. The van der Waals surface area contributed by atoms with Gasteiger partial charge in [0.15, 0.2) is 17.2 Å². The Hall–Kier alpha value is -2.63. The minimum Gasteiger partial charge on any atom is -0.476 e. The molecule has 106 valence electrons. The zero-order valence-corrected chi connectivity index (χ0v) is 11.4. The Morgan fingerprint density at radius 2 is 2.19 bits per heavy atom. The number of carbonyl (C=O) groups is 1. The highest BCUT2D eigenvalue weighted by Gasteiger charge is 2.29. The van der Waals surface area contributed by atoms with E-state index in [9.17, 15) is 4.79 Å². The number of hydrogen-bond donors (Lipinski definition) is 1. The topological polar surface area (TPSA) is 81.2 Å². The van der Waals surface area contributed by atoms with Gasteiger partial charge in [-0.3, -0.25) is 4.68 Å². The number of rotatable bonds is 3. The summed E-state index contributed by atoms with van der Waals surface area (Å²) < 4.78 is 7.29. The smallest absolute Gasteiger partial charge is 0.356 e. The van der Waals surface area contributed by atoms with Crippen LogP contribution >= 0.6 is 0 Å². The van der Waals surface area contributed by atoms with Crippen molar-refractivity contribution in [1.29, 1.82) is 0 Å². The molecule has 4 rings (SSSR count). The van der Waals surface area contributed by atoms with E-state index < -0.39 is 5.97 Å². The first kappa shape index (κ1) is 12.1. The fraction of sp³-hybridized carbons (Fsp3) is 0.267. The number of carboxylic acids is 1. The molecule has 2 aromatic heterocycles. The van der Waals surface area contributed by atoms with Crippen molar-refractivity contribution in [1.82, 2.24) is 14.8 Å². The molecule has 0 unspecified atom stereocenters. The summed E-state index contributed by atoms with van der Waals surface area (Å²) in [6.45, 7) is 0. The van der Waals surface area contributed by atoms with Gasteiger partial charge in [0.2, 0.25) is 0 Å². The minimum atomic E-state index is -1.03. The maximum atomic E-state index is 11.0. The van der Waals surface area contributed by atoms with Gasteiger partial charge in [0.1, 0.15) is 5.52 Å². The number of benzene rings is 1. The van der Waals surface area contributed by atoms with Crippen molar-refractivity contribution in [2.75, 3.05) is 0 Å². The molecule has 1 aliphatic carbocycles. The predicted octanol–water partition coefficient (Wildman–Crippen LogP) is 2.80. The molecular weight excluding hydrogens is 270 g/mol. The lowest BCUT2D eigenvalue weighted by Gasteiger charge is -2.00. The Kier molecular flexibility index (Phi) is 2.42. The Balaban J connectivity index is 1.80. The molecule has 6 heteroatoms. The number of aromatic carboxylic acids is 1.